The molecule has 2 aromatic rings. The van der Waals surface area contributed by atoms with Crippen molar-refractivity contribution in [3.63, 3.8) is 0 Å². The van der Waals surface area contributed by atoms with Gasteiger partial charge in [-0.05, 0) is 69.2 Å². The van der Waals surface area contributed by atoms with Crippen LogP contribution >= 0.6 is 0 Å². The lowest BCUT2D eigenvalue weighted by atomic mass is 9.79. The van der Waals surface area contributed by atoms with E-state index in [4.69, 9.17) is 0 Å². The van der Waals surface area contributed by atoms with Crippen molar-refractivity contribution >= 4 is 23.2 Å². The number of benzene rings is 2. The largest absolute Gasteiger partial charge is 0.369 e. The van der Waals surface area contributed by atoms with E-state index in [1.165, 1.54) is 6.07 Å². The molecule has 6 heteroatoms. The zero-order valence-corrected chi connectivity index (χ0v) is 20.3. The molecule has 34 heavy (non-hydrogen) atoms. The lowest BCUT2D eigenvalue weighted by molar-refractivity contribution is -0.134. The van der Waals surface area contributed by atoms with Crippen LogP contribution in [-0.2, 0) is 9.59 Å². The van der Waals surface area contributed by atoms with E-state index in [1.807, 2.05) is 36.9 Å². The van der Waals surface area contributed by atoms with Crippen LogP contribution in [0.4, 0.5) is 15.8 Å². The number of piperidine rings is 1. The van der Waals surface area contributed by atoms with E-state index >= 15 is 0 Å². The minimum atomic E-state index is -0.316. The van der Waals surface area contributed by atoms with Gasteiger partial charge in [0.2, 0.25) is 11.8 Å². The molecule has 0 bridgehead atoms. The number of nitrogens with zero attached hydrogens (tertiary/aromatic N) is 2. The van der Waals surface area contributed by atoms with Crippen LogP contribution < -0.4 is 10.2 Å². The average Bonchev–Trinajstić information content (AvgIpc) is 2.80. The first-order valence-electron chi connectivity index (χ1n) is 12.7. The standard InChI is InChI=1S/C28H36FN3O2/c1-3-31(4-2)28(34)26(20-9-6-5-7-10-20)21-15-17-32(18-16-21)25-14-13-23(19-24(25)29)30-27(33)22-11-8-12-22/h5-7,9-10,13-14,19,21-22,26H,3-4,8,11-12,15-18H2,1-2H3,(H,30,33). The molecule has 1 aliphatic carbocycles. The summed E-state index contributed by atoms with van der Waals surface area (Å²) in [5, 5.41) is 2.85. The summed E-state index contributed by atoms with van der Waals surface area (Å²) in [6.45, 7) is 6.84. The Bertz CT molecular complexity index is 980. The molecule has 1 unspecified atom stereocenters. The van der Waals surface area contributed by atoms with Crippen LogP contribution in [0.5, 0.6) is 0 Å². The SMILES string of the molecule is CCN(CC)C(=O)C(c1ccccc1)C1CCN(c2ccc(NC(=O)C3CCC3)cc2F)CC1. The van der Waals surface area contributed by atoms with Crippen molar-refractivity contribution in [1.82, 2.24) is 4.90 Å². The molecule has 182 valence electrons. The minimum absolute atomic E-state index is 0.0102. The van der Waals surface area contributed by atoms with Gasteiger partial charge >= 0.3 is 0 Å². The molecule has 2 fully saturated rings. The maximum absolute atomic E-state index is 15.0. The lowest BCUT2D eigenvalue weighted by Gasteiger charge is -2.38. The van der Waals surface area contributed by atoms with E-state index < -0.39 is 0 Å². The number of nitrogens with one attached hydrogen (secondary N) is 1. The number of carbonyl (C=O) groups is 2. The van der Waals surface area contributed by atoms with Gasteiger partial charge in [-0.3, -0.25) is 9.59 Å². The molecule has 1 atom stereocenters. The molecule has 1 heterocycles. The van der Waals surface area contributed by atoms with Crippen LogP contribution in [0.1, 0.15) is 57.4 Å². The molecular weight excluding hydrogens is 429 g/mol. The number of anilines is 2. The topological polar surface area (TPSA) is 52.7 Å². The highest BCUT2D eigenvalue weighted by Gasteiger charge is 2.35. The predicted molar refractivity (Wildman–Crippen MR) is 134 cm³/mol. The summed E-state index contributed by atoms with van der Waals surface area (Å²) in [6.07, 6.45) is 4.58. The molecule has 0 spiro atoms. The third-order valence-electron chi connectivity index (χ3n) is 7.54. The van der Waals surface area contributed by atoms with Crippen molar-refractivity contribution in [2.24, 2.45) is 11.8 Å². The molecule has 2 aromatic carbocycles. The van der Waals surface area contributed by atoms with Crippen molar-refractivity contribution in [2.45, 2.75) is 51.9 Å². The predicted octanol–water partition coefficient (Wildman–Crippen LogP) is 5.43. The fraction of sp³-hybridized carbons (Fsp3) is 0.500. The van der Waals surface area contributed by atoms with Crippen molar-refractivity contribution in [1.29, 1.82) is 0 Å². The second kappa shape index (κ2) is 11.0. The summed E-state index contributed by atoms with van der Waals surface area (Å²) in [5.74, 6) is -0.0217. The van der Waals surface area contributed by atoms with Gasteiger partial charge < -0.3 is 15.1 Å². The highest BCUT2D eigenvalue weighted by molar-refractivity contribution is 5.93. The Hall–Kier alpha value is -2.89. The van der Waals surface area contributed by atoms with E-state index in [-0.39, 0.29) is 35.4 Å². The Labute approximate surface area is 202 Å². The van der Waals surface area contributed by atoms with Crippen molar-refractivity contribution in [2.75, 3.05) is 36.4 Å². The Morgan fingerprint density at radius 3 is 2.26 bits per heavy atom. The van der Waals surface area contributed by atoms with E-state index in [1.54, 1.807) is 12.1 Å². The van der Waals surface area contributed by atoms with Gasteiger partial charge in [-0.25, -0.2) is 4.39 Å². The molecule has 1 N–H and O–H groups in total. The van der Waals surface area contributed by atoms with E-state index in [0.717, 1.165) is 37.7 Å². The molecule has 1 aliphatic heterocycles. The van der Waals surface area contributed by atoms with Crippen molar-refractivity contribution in [3.8, 4) is 0 Å². The van der Waals surface area contributed by atoms with Crippen LogP contribution in [0, 0.1) is 17.7 Å². The average molecular weight is 466 g/mol. The first-order chi connectivity index (χ1) is 16.5. The van der Waals surface area contributed by atoms with Crippen LogP contribution in [0.15, 0.2) is 48.5 Å². The normalized spacial score (nSPS) is 17.7. The summed E-state index contributed by atoms with van der Waals surface area (Å²) in [5.41, 5.74) is 2.14. The van der Waals surface area contributed by atoms with Crippen LogP contribution in [-0.4, -0.2) is 42.9 Å². The molecule has 5 nitrogen and oxygen atoms in total. The maximum Gasteiger partial charge on any atom is 0.230 e. The smallest absolute Gasteiger partial charge is 0.230 e. The number of likely N-dealkylation sites (N-methyl/N-ethyl adjacent to an activating group) is 1. The Balaban J connectivity index is 1.43. The number of carbonyl (C=O) groups excluding carboxylic acids is 2. The number of hydrogen-bond acceptors (Lipinski definition) is 3. The zero-order chi connectivity index (χ0) is 24.1. The molecular formula is C28H36FN3O2. The Morgan fingerprint density at radius 1 is 1.03 bits per heavy atom. The Morgan fingerprint density at radius 2 is 1.71 bits per heavy atom. The lowest BCUT2D eigenvalue weighted by Crippen LogP contribution is -2.42. The number of hydrogen-bond donors (Lipinski definition) is 1. The summed E-state index contributed by atoms with van der Waals surface area (Å²) < 4.78 is 15.0. The fourth-order valence-corrected chi connectivity index (χ4v) is 5.24. The van der Waals surface area contributed by atoms with Crippen LogP contribution in [0.25, 0.3) is 0 Å². The first kappa shape index (κ1) is 24.2. The van der Waals surface area contributed by atoms with Gasteiger partial charge in [-0.1, -0.05) is 36.8 Å². The third kappa shape index (κ3) is 5.26. The number of halogens is 1. The fourth-order valence-electron chi connectivity index (χ4n) is 5.24. The monoisotopic (exact) mass is 465 g/mol. The van der Waals surface area contributed by atoms with E-state index in [2.05, 4.69) is 22.3 Å². The van der Waals surface area contributed by atoms with Crippen molar-refractivity contribution < 1.29 is 14.0 Å². The molecule has 2 amide bonds. The van der Waals surface area contributed by atoms with Gasteiger partial charge in [0.25, 0.3) is 0 Å². The van der Waals surface area contributed by atoms with Gasteiger partial charge in [-0.15, -0.1) is 0 Å². The van der Waals surface area contributed by atoms with E-state index in [9.17, 15) is 14.0 Å². The summed E-state index contributed by atoms with van der Waals surface area (Å²) in [6, 6.07) is 15.0. The van der Waals surface area contributed by atoms with Gasteiger partial charge in [0.05, 0.1) is 11.6 Å². The summed E-state index contributed by atoms with van der Waals surface area (Å²) in [4.78, 5) is 29.6. The number of amides is 2. The zero-order valence-electron chi connectivity index (χ0n) is 20.3. The van der Waals surface area contributed by atoms with Gasteiger partial charge in [0.15, 0.2) is 0 Å². The molecule has 1 saturated carbocycles. The molecule has 0 radical (unpaired) electrons. The second-order valence-electron chi connectivity index (χ2n) is 9.51. The molecule has 1 saturated heterocycles. The highest BCUT2D eigenvalue weighted by Crippen LogP contribution is 2.36. The molecule has 2 aliphatic rings. The van der Waals surface area contributed by atoms with Crippen LogP contribution in [0.3, 0.4) is 0 Å². The van der Waals surface area contributed by atoms with Gasteiger partial charge in [-0.2, -0.15) is 0 Å². The second-order valence-corrected chi connectivity index (χ2v) is 9.51. The summed E-state index contributed by atoms with van der Waals surface area (Å²) >= 11 is 0. The summed E-state index contributed by atoms with van der Waals surface area (Å²) in [7, 11) is 0. The van der Waals surface area contributed by atoms with Crippen molar-refractivity contribution in [3.05, 3.63) is 59.9 Å². The third-order valence-corrected chi connectivity index (χ3v) is 7.54. The Kier molecular flexibility index (Phi) is 7.86. The number of rotatable bonds is 8. The van der Waals surface area contributed by atoms with Gasteiger partial charge in [0.1, 0.15) is 5.82 Å². The first-order valence-corrected chi connectivity index (χ1v) is 12.7. The highest BCUT2D eigenvalue weighted by atomic mass is 19.1. The van der Waals surface area contributed by atoms with Gasteiger partial charge in [0, 0.05) is 37.8 Å². The molecule has 0 aromatic heterocycles. The van der Waals surface area contributed by atoms with E-state index in [0.29, 0.717) is 37.6 Å². The quantitative estimate of drug-likeness (QED) is 0.565. The maximum atomic E-state index is 15.0. The molecule has 4 rings (SSSR count). The van der Waals surface area contributed by atoms with Crippen LogP contribution in [0.2, 0.25) is 0 Å². The minimum Gasteiger partial charge on any atom is -0.369 e.